The number of nitrogens with zero attached hydrogens (tertiary/aromatic N) is 1. The Morgan fingerprint density at radius 3 is 2.62 bits per heavy atom. The Morgan fingerprint density at radius 2 is 1.83 bits per heavy atom. The number of hydrogen-bond acceptors (Lipinski definition) is 5. The van der Waals surface area contributed by atoms with E-state index in [0.717, 1.165) is 16.9 Å². The normalized spacial score (nSPS) is 18.2. The number of benzene rings is 2. The third-order valence-corrected chi connectivity index (χ3v) is 4.72. The summed E-state index contributed by atoms with van der Waals surface area (Å²) >= 11 is 0. The highest BCUT2D eigenvalue weighted by Gasteiger charge is 2.38. The fraction of sp³-hybridized carbons (Fsp3) is 0.286. The molecule has 29 heavy (non-hydrogen) atoms. The van der Waals surface area contributed by atoms with Crippen molar-refractivity contribution in [2.24, 2.45) is 0 Å². The molecule has 2 N–H and O–H groups in total. The molecule has 4 amide bonds. The number of imide groups is 1. The first-order valence-electron chi connectivity index (χ1n) is 9.45. The second kappa shape index (κ2) is 8.22. The van der Waals surface area contributed by atoms with E-state index in [1.165, 1.54) is 0 Å². The van der Waals surface area contributed by atoms with Crippen molar-refractivity contribution in [3.05, 3.63) is 54.1 Å². The van der Waals surface area contributed by atoms with E-state index >= 15 is 0 Å². The molecule has 8 nitrogen and oxygen atoms in total. The zero-order chi connectivity index (χ0) is 20.2. The average Bonchev–Trinajstić information content (AvgIpc) is 2.89. The largest absolute Gasteiger partial charge is 0.490 e. The van der Waals surface area contributed by atoms with Crippen molar-refractivity contribution in [3.8, 4) is 11.5 Å². The lowest BCUT2D eigenvalue weighted by Gasteiger charge is -2.14. The lowest BCUT2D eigenvalue weighted by molar-refractivity contribution is -0.130. The van der Waals surface area contributed by atoms with Gasteiger partial charge in [-0.1, -0.05) is 30.3 Å². The second-order valence-corrected chi connectivity index (χ2v) is 6.88. The van der Waals surface area contributed by atoms with E-state index in [4.69, 9.17) is 9.47 Å². The van der Waals surface area contributed by atoms with Crippen LogP contribution < -0.4 is 20.1 Å². The highest BCUT2D eigenvalue weighted by atomic mass is 16.5. The van der Waals surface area contributed by atoms with Gasteiger partial charge in [0.25, 0.3) is 5.91 Å². The molecule has 8 heteroatoms. The molecule has 1 fully saturated rings. The van der Waals surface area contributed by atoms with Crippen LogP contribution in [0.1, 0.15) is 12.0 Å². The summed E-state index contributed by atoms with van der Waals surface area (Å²) in [6.07, 6.45) is 1.17. The second-order valence-electron chi connectivity index (χ2n) is 6.88. The van der Waals surface area contributed by atoms with Gasteiger partial charge in [0.2, 0.25) is 5.91 Å². The number of carbonyl (C=O) groups is 3. The molecule has 2 aliphatic rings. The Balaban J connectivity index is 1.37. The van der Waals surface area contributed by atoms with Crippen molar-refractivity contribution in [3.63, 3.8) is 0 Å². The van der Waals surface area contributed by atoms with Gasteiger partial charge in [0.1, 0.15) is 12.6 Å². The maximum Gasteiger partial charge on any atom is 0.325 e. The molecular weight excluding hydrogens is 374 g/mol. The molecule has 0 aromatic heterocycles. The molecule has 2 aromatic carbocycles. The van der Waals surface area contributed by atoms with Crippen molar-refractivity contribution >= 4 is 23.5 Å². The summed E-state index contributed by atoms with van der Waals surface area (Å²) in [5.74, 6) is 0.299. The minimum atomic E-state index is -0.671. The monoisotopic (exact) mass is 395 g/mol. The quantitative estimate of drug-likeness (QED) is 0.755. The van der Waals surface area contributed by atoms with Crippen LogP contribution in [-0.2, 0) is 16.0 Å². The van der Waals surface area contributed by atoms with Crippen molar-refractivity contribution in [2.45, 2.75) is 18.9 Å². The summed E-state index contributed by atoms with van der Waals surface area (Å²) in [7, 11) is 0. The SMILES string of the molecule is O=C(CN1C(=O)N[C@@H](Cc2ccccc2)C1=O)Nc1ccc2c(c1)OCCCO2. The van der Waals surface area contributed by atoms with Gasteiger partial charge < -0.3 is 20.1 Å². The van der Waals surface area contributed by atoms with Gasteiger partial charge in [-0.3, -0.25) is 14.5 Å². The van der Waals surface area contributed by atoms with Crippen molar-refractivity contribution < 1.29 is 23.9 Å². The van der Waals surface area contributed by atoms with E-state index < -0.39 is 23.9 Å². The maximum absolute atomic E-state index is 12.6. The topological polar surface area (TPSA) is 97.0 Å². The number of ether oxygens (including phenoxy) is 2. The minimum absolute atomic E-state index is 0.357. The van der Waals surface area contributed by atoms with Gasteiger partial charge in [-0.25, -0.2) is 4.79 Å². The molecule has 0 bridgehead atoms. The zero-order valence-corrected chi connectivity index (χ0v) is 15.7. The molecule has 1 saturated heterocycles. The Bertz CT molecular complexity index is 931. The first kappa shape index (κ1) is 18.8. The average molecular weight is 395 g/mol. The number of fused-ring (bicyclic) bond motifs is 1. The van der Waals surface area contributed by atoms with Crippen LogP contribution in [0, 0.1) is 0 Å². The first-order valence-corrected chi connectivity index (χ1v) is 9.45. The number of rotatable bonds is 5. The summed E-state index contributed by atoms with van der Waals surface area (Å²) in [6.45, 7) is 0.759. The summed E-state index contributed by atoms with van der Waals surface area (Å²) in [4.78, 5) is 38.1. The van der Waals surface area contributed by atoms with Crippen molar-refractivity contribution in [1.82, 2.24) is 10.2 Å². The number of anilines is 1. The molecule has 1 atom stereocenters. The Kier molecular flexibility index (Phi) is 5.33. The highest BCUT2D eigenvalue weighted by Crippen LogP contribution is 2.32. The minimum Gasteiger partial charge on any atom is -0.490 e. The van der Waals surface area contributed by atoms with Crippen LogP contribution in [0.2, 0.25) is 0 Å². The molecule has 4 rings (SSSR count). The standard InChI is InChI=1S/C21H21N3O5/c25-19(22-15-7-8-17-18(12-15)29-10-4-9-28-17)13-24-20(26)16(23-21(24)27)11-14-5-2-1-3-6-14/h1-3,5-8,12,16H,4,9-11,13H2,(H,22,25)(H,23,27)/t16-/m0/s1. The lowest BCUT2D eigenvalue weighted by atomic mass is 10.1. The predicted octanol–water partition coefficient (Wildman–Crippen LogP) is 1.95. The molecule has 2 aliphatic heterocycles. The molecule has 0 saturated carbocycles. The third kappa shape index (κ3) is 4.31. The van der Waals surface area contributed by atoms with Crippen LogP contribution >= 0.6 is 0 Å². The van der Waals surface area contributed by atoms with Gasteiger partial charge >= 0.3 is 6.03 Å². The summed E-state index contributed by atoms with van der Waals surface area (Å²) < 4.78 is 11.2. The molecule has 0 radical (unpaired) electrons. The van der Waals surface area contributed by atoms with Crippen molar-refractivity contribution in [1.29, 1.82) is 0 Å². The van der Waals surface area contributed by atoms with Gasteiger partial charge in [-0.15, -0.1) is 0 Å². The Morgan fingerprint density at radius 1 is 1.07 bits per heavy atom. The third-order valence-electron chi connectivity index (χ3n) is 4.72. The van der Waals surface area contributed by atoms with Crippen LogP contribution in [0.5, 0.6) is 11.5 Å². The number of nitrogens with one attached hydrogen (secondary N) is 2. The first-order chi connectivity index (χ1) is 14.1. The van der Waals surface area contributed by atoms with Crippen molar-refractivity contribution in [2.75, 3.05) is 25.1 Å². The fourth-order valence-electron chi connectivity index (χ4n) is 3.30. The zero-order valence-electron chi connectivity index (χ0n) is 15.7. The number of urea groups is 1. The van der Waals surface area contributed by atoms with Crippen LogP contribution in [0.15, 0.2) is 48.5 Å². The van der Waals surface area contributed by atoms with E-state index in [2.05, 4.69) is 10.6 Å². The van der Waals surface area contributed by atoms with Crippen LogP contribution in [0.3, 0.4) is 0 Å². The summed E-state index contributed by atoms with van der Waals surface area (Å²) in [6, 6.07) is 13.2. The number of hydrogen-bond donors (Lipinski definition) is 2. The number of amides is 4. The molecule has 150 valence electrons. The van der Waals surface area contributed by atoms with Crippen LogP contribution in [0.25, 0.3) is 0 Å². The molecule has 0 unspecified atom stereocenters. The van der Waals surface area contributed by atoms with E-state index in [-0.39, 0.29) is 6.54 Å². The van der Waals surface area contributed by atoms with E-state index in [0.29, 0.717) is 36.8 Å². The molecule has 2 aromatic rings. The predicted molar refractivity (Wildman–Crippen MR) is 105 cm³/mol. The molecular formula is C21H21N3O5. The Hall–Kier alpha value is -3.55. The van der Waals surface area contributed by atoms with Gasteiger partial charge in [0.15, 0.2) is 11.5 Å². The summed E-state index contributed by atoms with van der Waals surface area (Å²) in [5.41, 5.74) is 1.44. The van der Waals surface area contributed by atoms with Gasteiger partial charge in [-0.2, -0.15) is 0 Å². The summed E-state index contributed by atoms with van der Waals surface area (Å²) in [5, 5.41) is 5.34. The number of carbonyl (C=O) groups excluding carboxylic acids is 3. The molecule has 0 spiro atoms. The maximum atomic E-state index is 12.6. The lowest BCUT2D eigenvalue weighted by Crippen LogP contribution is -2.38. The van der Waals surface area contributed by atoms with Gasteiger partial charge in [0.05, 0.1) is 13.2 Å². The van der Waals surface area contributed by atoms with Gasteiger partial charge in [-0.05, 0) is 17.7 Å². The van der Waals surface area contributed by atoms with E-state index in [1.807, 2.05) is 30.3 Å². The van der Waals surface area contributed by atoms with E-state index in [1.54, 1.807) is 18.2 Å². The highest BCUT2D eigenvalue weighted by molar-refractivity contribution is 6.08. The van der Waals surface area contributed by atoms with Gasteiger partial charge in [0, 0.05) is 24.6 Å². The molecule has 2 heterocycles. The molecule has 0 aliphatic carbocycles. The fourth-order valence-corrected chi connectivity index (χ4v) is 3.30. The van der Waals surface area contributed by atoms with Crippen LogP contribution in [0.4, 0.5) is 10.5 Å². The van der Waals surface area contributed by atoms with Crippen LogP contribution in [-0.4, -0.2) is 48.5 Å². The van der Waals surface area contributed by atoms with E-state index in [9.17, 15) is 14.4 Å². The Labute approximate surface area is 167 Å². The smallest absolute Gasteiger partial charge is 0.325 e.